The van der Waals surface area contributed by atoms with Crippen LogP contribution < -0.4 is 0 Å². The zero-order valence-electron chi connectivity index (χ0n) is 14.0. The SMILES string of the molecule is CN(Cc1cc(-c2cccs2)n[nH]1)C(=O)c1ccc(-n2cnnc2)cc1. The molecule has 7 nitrogen and oxygen atoms in total. The molecule has 1 amide bonds. The van der Waals surface area contributed by atoms with Crippen molar-refractivity contribution < 1.29 is 4.79 Å². The average molecular weight is 364 g/mol. The van der Waals surface area contributed by atoms with Crippen LogP contribution in [0.5, 0.6) is 0 Å². The summed E-state index contributed by atoms with van der Waals surface area (Å²) in [7, 11) is 1.78. The second-order valence-electron chi connectivity index (χ2n) is 5.83. The number of benzene rings is 1. The van der Waals surface area contributed by atoms with Crippen molar-refractivity contribution in [3.05, 3.63) is 71.8 Å². The maximum atomic E-state index is 12.6. The lowest BCUT2D eigenvalue weighted by Crippen LogP contribution is -2.26. The van der Waals surface area contributed by atoms with Gasteiger partial charge in [0.15, 0.2) is 0 Å². The summed E-state index contributed by atoms with van der Waals surface area (Å²) in [5, 5.41) is 16.9. The molecule has 3 heterocycles. The lowest BCUT2D eigenvalue weighted by molar-refractivity contribution is 0.0783. The Balaban J connectivity index is 1.44. The Morgan fingerprint density at radius 1 is 1.19 bits per heavy atom. The molecule has 0 spiro atoms. The molecule has 0 bridgehead atoms. The van der Waals surface area contributed by atoms with E-state index >= 15 is 0 Å². The number of rotatable bonds is 5. The normalized spacial score (nSPS) is 10.8. The van der Waals surface area contributed by atoms with Gasteiger partial charge in [-0.3, -0.25) is 14.5 Å². The Kier molecular flexibility index (Phi) is 4.32. The molecular weight excluding hydrogens is 348 g/mol. The molecule has 0 radical (unpaired) electrons. The quantitative estimate of drug-likeness (QED) is 0.590. The van der Waals surface area contributed by atoms with Gasteiger partial charge < -0.3 is 4.90 Å². The van der Waals surface area contributed by atoms with Crippen LogP contribution in [0.3, 0.4) is 0 Å². The predicted molar refractivity (Wildman–Crippen MR) is 99.1 cm³/mol. The highest BCUT2D eigenvalue weighted by atomic mass is 32.1. The van der Waals surface area contributed by atoms with Crippen LogP contribution >= 0.6 is 11.3 Å². The fraction of sp³-hybridized carbons (Fsp3) is 0.111. The molecule has 26 heavy (non-hydrogen) atoms. The molecule has 4 aromatic rings. The fourth-order valence-electron chi connectivity index (χ4n) is 2.65. The van der Waals surface area contributed by atoms with Crippen molar-refractivity contribution in [3.63, 3.8) is 0 Å². The van der Waals surface area contributed by atoms with E-state index in [4.69, 9.17) is 0 Å². The van der Waals surface area contributed by atoms with Gasteiger partial charge >= 0.3 is 0 Å². The Bertz CT molecular complexity index is 989. The Labute approximate surface area is 153 Å². The molecule has 0 aliphatic rings. The van der Waals surface area contributed by atoms with E-state index in [1.165, 1.54) is 0 Å². The van der Waals surface area contributed by atoms with Gasteiger partial charge in [-0.15, -0.1) is 21.5 Å². The van der Waals surface area contributed by atoms with E-state index < -0.39 is 0 Å². The minimum atomic E-state index is -0.0485. The standard InChI is InChI=1S/C18H16N6OS/c1-23(10-14-9-16(22-21-14)17-3-2-8-26-17)18(25)13-4-6-15(7-5-13)24-11-19-20-12-24/h2-9,11-12H,10H2,1H3,(H,21,22). The Morgan fingerprint density at radius 2 is 1.96 bits per heavy atom. The third-order valence-corrected chi connectivity index (χ3v) is 4.88. The molecule has 1 N–H and O–H groups in total. The number of aromatic amines is 1. The molecule has 0 aliphatic heterocycles. The molecular formula is C18H16N6OS. The van der Waals surface area contributed by atoms with Crippen LogP contribution in [0.25, 0.3) is 16.3 Å². The van der Waals surface area contributed by atoms with Gasteiger partial charge in [-0.25, -0.2) is 0 Å². The zero-order valence-corrected chi connectivity index (χ0v) is 14.8. The zero-order chi connectivity index (χ0) is 17.9. The highest BCUT2D eigenvalue weighted by molar-refractivity contribution is 7.13. The predicted octanol–water partition coefficient (Wildman–Crippen LogP) is 2.99. The summed E-state index contributed by atoms with van der Waals surface area (Å²) in [4.78, 5) is 15.4. The average Bonchev–Trinajstić information content (AvgIpc) is 3.42. The molecule has 1 aromatic carbocycles. The third-order valence-electron chi connectivity index (χ3n) is 3.99. The largest absolute Gasteiger partial charge is 0.336 e. The molecule has 8 heteroatoms. The van der Waals surface area contributed by atoms with Crippen molar-refractivity contribution in [1.82, 2.24) is 29.9 Å². The van der Waals surface area contributed by atoms with Crippen molar-refractivity contribution >= 4 is 17.2 Å². The summed E-state index contributed by atoms with van der Waals surface area (Å²) < 4.78 is 1.79. The number of hydrogen-bond donors (Lipinski definition) is 1. The van der Waals surface area contributed by atoms with Crippen molar-refractivity contribution in [1.29, 1.82) is 0 Å². The summed E-state index contributed by atoms with van der Waals surface area (Å²) in [6.07, 6.45) is 3.23. The second-order valence-corrected chi connectivity index (χ2v) is 6.78. The van der Waals surface area contributed by atoms with Gasteiger partial charge in [0.2, 0.25) is 0 Å². The molecule has 0 fully saturated rings. The maximum Gasteiger partial charge on any atom is 0.253 e. The highest BCUT2D eigenvalue weighted by Crippen LogP contribution is 2.23. The monoisotopic (exact) mass is 364 g/mol. The summed E-state index contributed by atoms with van der Waals surface area (Å²) in [6, 6.07) is 13.3. The molecule has 4 rings (SSSR count). The van der Waals surface area contributed by atoms with E-state index in [0.717, 1.165) is 22.0 Å². The maximum absolute atomic E-state index is 12.6. The molecule has 3 aromatic heterocycles. The smallest absolute Gasteiger partial charge is 0.253 e. The summed E-state index contributed by atoms with van der Waals surface area (Å²) in [6.45, 7) is 0.463. The van der Waals surface area contributed by atoms with Crippen molar-refractivity contribution in [2.75, 3.05) is 7.05 Å². The summed E-state index contributed by atoms with van der Waals surface area (Å²) in [5.74, 6) is -0.0485. The van der Waals surface area contributed by atoms with Crippen LogP contribution in [0.1, 0.15) is 16.1 Å². The lowest BCUT2D eigenvalue weighted by Gasteiger charge is -2.16. The van der Waals surface area contributed by atoms with Gasteiger partial charge in [-0.05, 0) is 41.8 Å². The number of nitrogens with zero attached hydrogens (tertiary/aromatic N) is 5. The van der Waals surface area contributed by atoms with Gasteiger partial charge in [0.05, 0.1) is 17.1 Å². The summed E-state index contributed by atoms with van der Waals surface area (Å²) in [5.41, 5.74) is 3.32. The Hall–Kier alpha value is -3.26. The van der Waals surface area contributed by atoms with E-state index in [1.807, 2.05) is 35.7 Å². The van der Waals surface area contributed by atoms with E-state index in [0.29, 0.717) is 12.1 Å². The van der Waals surface area contributed by atoms with Crippen LogP contribution in [0.4, 0.5) is 0 Å². The number of carbonyl (C=O) groups is 1. The molecule has 0 atom stereocenters. The van der Waals surface area contributed by atoms with Crippen molar-refractivity contribution in [2.45, 2.75) is 6.54 Å². The number of H-pyrrole nitrogens is 1. The number of carbonyl (C=O) groups excluding carboxylic acids is 1. The number of thiophene rings is 1. The molecule has 0 unspecified atom stereocenters. The first kappa shape index (κ1) is 16.2. The molecule has 0 saturated heterocycles. The van der Waals surface area contributed by atoms with Crippen LogP contribution in [-0.4, -0.2) is 42.8 Å². The van der Waals surface area contributed by atoms with E-state index in [2.05, 4.69) is 20.4 Å². The first-order valence-corrected chi connectivity index (χ1v) is 8.87. The van der Waals surface area contributed by atoms with E-state index in [-0.39, 0.29) is 5.91 Å². The molecule has 130 valence electrons. The minimum Gasteiger partial charge on any atom is -0.336 e. The minimum absolute atomic E-state index is 0.0485. The van der Waals surface area contributed by atoms with Gasteiger partial charge in [0, 0.05) is 18.3 Å². The number of amides is 1. The highest BCUT2D eigenvalue weighted by Gasteiger charge is 2.14. The van der Waals surface area contributed by atoms with Crippen LogP contribution in [-0.2, 0) is 6.54 Å². The first-order valence-electron chi connectivity index (χ1n) is 7.99. The van der Waals surface area contributed by atoms with E-state index in [9.17, 15) is 4.79 Å². The third kappa shape index (κ3) is 3.27. The number of nitrogens with one attached hydrogen (secondary N) is 1. The topological polar surface area (TPSA) is 79.7 Å². The van der Waals surface area contributed by atoms with Gasteiger partial charge in [0.25, 0.3) is 5.91 Å². The molecule has 0 saturated carbocycles. The molecule has 0 aliphatic carbocycles. The van der Waals surface area contributed by atoms with Crippen LogP contribution in [0.2, 0.25) is 0 Å². The van der Waals surface area contributed by atoms with Crippen LogP contribution in [0, 0.1) is 0 Å². The van der Waals surface area contributed by atoms with Gasteiger partial charge in [0.1, 0.15) is 18.3 Å². The van der Waals surface area contributed by atoms with Crippen molar-refractivity contribution in [3.8, 4) is 16.3 Å². The summed E-state index contributed by atoms with van der Waals surface area (Å²) >= 11 is 1.64. The van der Waals surface area contributed by atoms with Gasteiger partial charge in [-0.1, -0.05) is 6.07 Å². The van der Waals surface area contributed by atoms with Crippen LogP contribution in [0.15, 0.2) is 60.5 Å². The number of hydrogen-bond acceptors (Lipinski definition) is 5. The Morgan fingerprint density at radius 3 is 2.65 bits per heavy atom. The number of aromatic nitrogens is 5. The van der Waals surface area contributed by atoms with E-state index in [1.54, 1.807) is 52.6 Å². The lowest BCUT2D eigenvalue weighted by atomic mass is 10.2. The second kappa shape index (κ2) is 6.93. The van der Waals surface area contributed by atoms with Crippen molar-refractivity contribution in [2.24, 2.45) is 0 Å². The van der Waals surface area contributed by atoms with Gasteiger partial charge in [-0.2, -0.15) is 5.10 Å². The fourth-order valence-corrected chi connectivity index (χ4v) is 3.34. The first-order chi connectivity index (χ1) is 12.7.